The molecule has 0 radical (unpaired) electrons. The Morgan fingerprint density at radius 2 is 2.20 bits per heavy atom. The predicted octanol–water partition coefficient (Wildman–Crippen LogP) is 1.66. The third-order valence-corrected chi connectivity index (χ3v) is 4.32. The first kappa shape index (κ1) is 13.1. The molecular weight excluding hydrogens is 252 g/mol. The van der Waals surface area contributed by atoms with Gasteiger partial charge in [-0.1, -0.05) is 19.1 Å². The molecule has 1 aromatic heterocycles. The smallest absolute Gasteiger partial charge is 0.240 e. The second-order valence-corrected chi connectivity index (χ2v) is 5.51. The van der Waals surface area contributed by atoms with Gasteiger partial charge in [-0.3, -0.25) is 9.69 Å². The molecule has 5 heteroatoms. The topological polar surface area (TPSA) is 61.0 Å². The Hall–Kier alpha value is -1.88. The highest BCUT2D eigenvalue weighted by molar-refractivity contribution is 5.86. The fourth-order valence-electron chi connectivity index (χ4n) is 2.78. The Balaban J connectivity index is 1.87. The van der Waals surface area contributed by atoms with Crippen molar-refractivity contribution in [2.45, 2.75) is 32.4 Å². The molecule has 1 amide bonds. The molecule has 1 fully saturated rings. The molecule has 2 heterocycles. The number of rotatable bonds is 3. The molecule has 0 bridgehead atoms. The number of amides is 1. The number of nitrogens with zero attached hydrogens (tertiary/aromatic N) is 2. The summed E-state index contributed by atoms with van der Waals surface area (Å²) in [5.74, 6) is 1.03. The SMILES string of the molecule is CC[C@]1(C)C(=O)NCCN1Cc1nc2ccccc2[nH]1. The second-order valence-electron chi connectivity index (χ2n) is 5.51. The van der Waals surface area contributed by atoms with Gasteiger partial charge in [0.1, 0.15) is 5.82 Å². The van der Waals surface area contributed by atoms with Crippen LogP contribution in [0.25, 0.3) is 11.0 Å². The molecule has 1 aromatic carbocycles. The molecule has 2 aromatic rings. The van der Waals surface area contributed by atoms with Crippen molar-refractivity contribution in [3.05, 3.63) is 30.1 Å². The van der Waals surface area contributed by atoms with Crippen LogP contribution in [0.2, 0.25) is 0 Å². The van der Waals surface area contributed by atoms with Crippen LogP contribution in [0, 0.1) is 0 Å². The van der Waals surface area contributed by atoms with Crippen LogP contribution in [0.15, 0.2) is 24.3 Å². The number of imidazole rings is 1. The molecule has 1 aliphatic rings. The number of aromatic amines is 1. The monoisotopic (exact) mass is 272 g/mol. The summed E-state index contributed by atoms with van der Waals surface area (Å²) in [5.41, 5.74) is 1.57. The van der Waals surface area contributed by atoms with Gasteiger partial charge in [0, 0.05) is 13.1 Å². The molecule has 0 aliphatic carbocycles. The summed E-state index contributed by atoms with van der Waals surface area (Å²) < 4.78 is 0. The molecule has 0 spiro atoms. The Morgan fingerprint density at radius 3 is 2.95 bits per heavy atom. The Kier molecular flexibility index (Phi) is 3.22. The summed E-state index contributed by atoms with van der Waals surface area (Å²) >= 11 is 0. The molecule has 0 unspecified atom stereocenters. The van der Waals surface area contributed by atoms with Crippen molar-refractivity contribution in [3.63, 3.8) is 0 Å². The van der Waals surface area contributed by atoms with Gasteiger partial charge in [-0.15, -0.1) is 0 Å². The Morgan fingerprint density at radius 1 is 1.40 bits per heavy atom. The summed E-state index contributed by atoms with van der Waals surface area (Å²) in [4.78, 5) is 22.3. The van der Waals surface area contributed by atoms with Gasteiger partial charge >= 0.3 is 0 Å². The molecule has 2 N–H and O–H groups in total. The van der Waals surface area contributed by atoms with Gasteiger partial charge in [0.05, 0.1) is 23.1 Å². The number of hydrogen-bond acceptors (Lipinski definition) is 3. The zero-order chi connectivity index (χ0) is 14.2. The normalized spacial score (nSPS) is 24.0. The summed E-state index contributed by atoms with van der Waals surface area (Å²) in [6.07, 6.45) is 0.791. The predicted molar refractivity (Wildman–Crippen MR) is 78.2 cm³/mol. The number of hydrogen-bond donors (Lipinski definition) is 2. The third-order valence-electron chi connectivity index (χ3n) is 4.32. The molecule has 5 nitrogen and oxygen atoms in total. The Bertz CT molecular complexity index is 603. The van der Waals surface area contributed by atoms with Gasteiger partial charge in [-0.25, -0.2) is 4.98 Å². The van der Waals surface area contributed by atoms with Crippen LogP contribution >= 0.6 is 0 Å². The number of aromatic nitrogens is 2. The quantitative estimate of drug-likeness (QED) is 0.893. The minimum atomic E-state index is -0.447. The average molecular weight is 272 g/mol. The van der Waals surface area contributed by atoms with Gasteiger partial charge in [0.25, 0.3) is 0 Å². The lowest BCUT2D eigenvalue weighted by atomic mass is 9.93. The second kappa shape index (κ2) is 4.90. The lowest BCUT2D eigenvalue weighted by Crippen LogP contribution is -2.62. The van der Waals surface area contributed by atoms with Crippen LogP contribution < -0.4 is 5.32 Å². The van der Waals surface area contributed by atoms with E-state index in [1.54, 1.807) is 0 Å². The number of carbonyl (C=O) groups is 1. The van der Waals surface area contributed by atoms with Crippen LogP contribution in [-0.2, 0) is 11.3 Å². The zero-order valence-corrected chi connectivity index (χ0v) is 11.9. The van der Waals surface area contributed by atoms with Crippen molar-refractivity contribution in [1.82, 2.24) is 20.2 Å². The van der Waals surface area contributed by atoms with Crippen molar-refractivity contribution in [2.75, 3.05) is 13.1 Å². The lowest BCUT2D eigenvalue weighted by Gasteiger charge is -2.42. The van der Waals surface area contributed by atoms with Gasteiger partial charge < -0.3 is 10.3 Å². The van der Waals surface area contributed by atoms with E-state index in [1.165, 1.54) is 0 Å². The highest BCUT2D eigenvalue weighted by Crippen LogP contribution is 2.24. The molecule has 3 rings (SSSR count). The molecule has 1 saturated heterocycles. The highest BCUT2D eigenvalue weighted by atomic mass is 16.2. The number of nitrogens with one attached hydrogen (secondary N) is 2. The van der Waals surface area contributed by atoms with E-state index in [-0.39, 0.29) is 5.91 Å². The van der Waals surface area contributed by atoms with Crippen LogP contribution in [0.1, 0.15) is 26.1 Å². The van der Waals surface area contributed by atoms with Crippen molar-refractivity contribution in [2.24, 2.45) is 0 Å². The molecule has 1 atom stereocenters. The molecule has 0 saturated carbocycles. The van der Waals surface area contributed by atoms with E-state index in [0.29, 0.717) is 13.1 Å². The maximum Gasteiger partial charge on any atom is 0.240 e. The van der Waals surface area contributed by atoms with Crippen LogP contribution in [0.4, 0.5) is 0 Å². The van der Waals surface area contributed by atoms with Crippen molar-refractivity contribution >= 4 is 16.9 Å². The van der Waals surface area contributed by atoms with E-state index in [2.05, 4.69) is 27.1 Å². The van der Waals surface area contributed by atoms with Crippen molar-refractivity contribution in [3.8, 4) is 0 Å². The fourth-order valence-corrected chi connectivity index (χ4v) is 2.78. The first-order valence-electron chi connectivity index (χ1n) is 7.10. The summed E-state index contributed by atoms with van der Waals surface area (Å²) in [6.45, 7) is 6.29. The van der Waals surface area contributed by atoms with Crippen LogP contribution in [-0.4, -0.2) is 39.4 Å². The standard InChI is InChI=1S/C15H20N4O/c1-3-15(2)14(20)16-8-9-19(15)10-13-17-11-6-4-5-7-12(11)18-13/h4-7H,3,8-10H2,1-2H3,(H,16,20)(H,17,18)/t15-/m1/s1. The van der Waals surface area contributed by atoms with Crippen LogP contribution in [0.3, 0.4) is 0 Å². The first-order valence-corrected chi connectivity index (χ1v) is 7.10. The fraction of sp³-hybridized carbons (Fsp3) is 0.467. The average Bonchev–Trinajstić information content (AvgIpc) is 2.86. The maximum absolute atomic E-state index is 12.1. The number of fused-ring (bicyclic) bond motifs is 1. The van der Waals surface area contributed by atoms with Crippen molar-refractivity contribution < 1.29 is 4.79 Å². The minimum absolute atomic E-state index is 0.113. The van der Waals surface area contributed by atoms with Crippen molar-refractivity contribution in [1.29, 1.82) is 0 Å². The summed E-state index contributed by atoms with van der Waals surface area (Å²) in [6, 6.07) is 8.00. The van der Waals surface area contributed by atoms with E-state index < -0.39 is 5.54 Å². The van der Waals surface area contributed by atoms with Crippen LogP contribution in [0.5, 0.6) is 0 Å². The lowest BCUT2D eigenvalue weighted by molar-refractivity contribution is -0.137. The van der Waals surface area contributed by atoms with E-state index in [1.807, 2.05) is 31.2 Å². The first-order chi connectivity index (χ1) is 9.63. The van der Waals surface area contributed by atoms with E-state index >= 15 is 0 Å². The largest absolute Gasteiger partial charge is 0.353 e. The van der Waals surface area contributed by atoms with E-state index in [4.69, 9.17) is 0 Å². The summed E-state index contributed by atoms with van der Waals surface area (Å²) in [7, 11) is 0. The maximum atomic E-state index is 12.1. The summed E-state index contributed by atoms with van der Waals surface area (Å²) in [5, 5.41) is 2.95. The van der Waals surface area contributed by atoms with Gasteiger partial charge in [-0.05, 0) is 25.5 Å². The molecular formula is C15H20N4O. The molecule has 1 aliphatic heterocycles. The Labute approximate surface area is 118 Å². The zero-order valence-electron chi connectivity index (χ0n) is 11.9. The number of carbonyl (C=O) groups excluding carboxylic acids is 1. The van der Waals surface area contributed by atoms with E-state index in [9.17, 15) is 4.79 Å². The number of benzene rings is 1. The minimum Gasteiger partial charge on any atom is -0.353 e. The molecule has 20 heavy (non-hydrogen) atoms. The van der Waals surface area contributed by atoms with Gasteiger partial charge in [0.2, 0.25) is 5.91 Å². The third kappa shape index (κ3) is 2.08. The highest BCUT2D eigenvalue weighted by Gasteiger charge is 2.40. The number of H-pyrrole nitrogens is 1. The molecule has 106 valence electrons. The number of piperazine rings is 1. The van der Waals surface area contributed by atoms with Gasteiger partial charge in [-0.2, -0.15) is 0 Å². The van der Waals surface area contributed by atoms with Gasteiger partial charge in [0.15, 0.2) is 0 Å². The number of para-hydroxylation sites is 2. The van der Waals surface area contributed by atoms with E-state index in [0.717, 1.165) is 29.8 Å².